The molecular formula is C15H15F2N3O2S. The smallest absolute Gasteiger partial charge is 0.263 e. The zero-order valence-corrected chi connectivity index (χ0v) is 12.9. The topological polar surface area (TPSA) is 74.2 Å². The molecule has 1 heterocycles. The Kier molecular flexibility index (Phi) is 5.78. The molecule has 0 aliphatic heterocycles. The van der Waals surface area contributed by atoms with Crippen molar-refractivity contribution in [2.24, 2.45) is 0 Å². The zero-order chi connectivity index (χ0) is 16.8. The van der Waals surface area contributed by atoms with Gasteiger partial charge in [-0.2, -0.15) is 0 Å². The van der Waals surface area contributed by atoms with Crippen LogP contribution in [0.15, 0.2) is 37.1 Å². The minimum Gasteiger partial charge on any atom is -0.386 e. The van der Waals surface area contributed by atoms with Crippen LogP contribution in [-0.2, 0) is 0 Å². The molecule has 23 heavy (non-hydrogen) atoms. The summed E-state index contributed by atoms with van der Waals surface area (Å²) in [5, 5.41) is 15.8. The molecule has 2 rings (SSSR count). The van der Waals surface area contributed by atoms with Gasteiger partial charge in [-0.1, -0.05) is 23.5 Å². The third kappa shape index (κ3) is 4.33. The van der Waals surface area contributed by atoms with Crippen molar-refractivity contribution in [3.63, 3.8) is 0 Å². The molecule has 2 aromatic rings. The highest BCUT2D eigenvalue weighted by Gasteiger charge is 2.19. The van der Waals surface area contributed by atoms with E-state index in [0.717, 1.165) is 23.5 Å². The van der Waals surface area contributed by atoms with Crippen LogP contribution in [0, 0.1) is 11.6 Å². The Morgan fingerprint density at radius 2 is 2.13 bits per heavy atom. The first-order valence-electron chi connectivity index (χ1n) is 6.73. The molecule has 3 N–H and O–H groups in total. The quantitative estimate of drug-likeness (QED) is 0.678. The van der Waals surface area contributed by atoms with Crippen LogP contribution in [-0.4, -0.2) is 29.1 Å². The van der Waals surface area contributed by atoms with Gasteiger partial charge < -0.3 is 15.7 Å². The standard InChI is InChI=1S/C15H15F2N3O2S/c1-2-6-18-15-20-8-12(23-15)14(22)19-7-11(21)13-9(16)4-3-5-10(13)17/h2-5,8,11,21H,1,6-7H2,(H,18,20)(H,19,22). The van der Waals surface area contributed by atoms with E-state index in [1.807, 2.05) is 0 Å². The number of thiazole rings is 1. The number of halogens is 2. The second-order valence-corrected chi connectivity index (χ2v) is 5.59. The van der Waals surface area contributed by atoms with E-state index in [-0.39, 0.29) is 6.54 Å². The fourth-order valence-corrected chi connectivity index (χ4v) is 2.57. The van der Waals surface area contributed by atoms with Crippen LogP contribution >= 0.6 is 11.3 Å². The minimum atomic E-state index is -1.48. The van der Waals surface area contributed by atoms with Gasteiger partial charge in [0.25, 0.3) is 5.91 Å². The molecule has 122 valence electrons. The lowest BCUT2D eigenvalue weighted by Crippen LogP contribution is -2.28. The summed E-state index contributed by atoms with van der Waals surface area (Å²) < 4.78 is 27.1. The summed E-state index contributed by atoms with van der Waals surface area (Å²) in [6.45, 7) is 3.75. The second kappa shape index (κ2) is 7.80. The number of nitrogens with zero attached hydrogens (tertiary/aromatic N) is 1. The maximum atomic E-state index is 13.5. The molecule has 1 atom stereocenters. The molecule has 0 saturated heterocycles. The predicted molar refractivity (Wildman–Crippen MR) is 84.5 cm³/mol. The molecule has 1 aromatic carbocycles. The van der Waals surface area contributed by atoms with Gasteiger partial charge in [-0.15, -0.1) is 6.58 Å². The number of benzene rings is 1. The maximum Gasteiger partial charge on any atom is 0.263 e. The lowest BCUT2D eigenvalue weighted by Gasteiger charge is -2.13. The van der Waals surface area contributed by atoms with Gasteiger partial charge in [0.1, 0.15) is 22.6 Å². The number of hydrogen-bond donors (Lipinski definition) is 3. The molecule has 0 fully saturated rings. The molecule has 5 nitrogen and oxygen atoms in total. The number of anilines is 1. The van der Waals surface area contributed by atoms with Gasteiger partial charge in [-0.05, 0) is 12.1 Å². The van der Waals surface area contributed by atoms with Crippen molar-refractivity contribution in [1.29, 1.82) is 0 Å². The van der Waals surface area contributed by atoms with E-state index in [1.54, 1.807) is 6.08 Å². The number of carbonyl (C=O) groups is 1. The Morgan fingerprint density at radius 3 is 2.78 bits per heavy atom. The Balaban J connectivity index is 1.96. The number of rotatable bonds is 7. The molecule has 8 heteroatoms. The predicted octanol–water partition coefficient (Wildman–Crippen LogP) is 2.48. The largest absolute Gasteiger partial charge is 0.386 e. The number of aliphatic hydroxyl groups excluding tert-OH is 1. The highest BCUT2D eigenvalue weighted by Crippen LogP contribution is 2.21. The highest BCUT2D eigenvalue weighted by atomic mass is 32.1. The van der Waals surface area contributed by atoms with E-state index in [1.165, 1.54) is 12.3 Å². The van der Waals surface area contributed by atoms with Crippen LogP contribution in [0.5, 0.6) is 0 Å². The first-order valence-corrected chi connectivity index (χ1v) is 7.55. The summed E-state index contributed by atoms with van der Waals surface area (Å²) in [7, 11) is 0. The SMILES string of the molecule is C=CCNc1ncc(C(=O)NCC(O)c2c(F)cccc2F)s1. The lowest BCUT2D eigenvalue weighted by atomic mass is 10.1. The molecule has 0 saturated carbocycles. The Bertz CT molecular complexity index is 686. The Hall–Kier alpha value is -2.32. The number of amides is 1. The van der Waals surface area contributed by atoms with Gasteiger partial charge in [0.05, 0.1) is 11.8 Å². The number of carbonyl (C=O) groups excluding carboxylic acids is 1. The van der Waals surface area contributed by atoms with E-state index in [0.29, 0.717) is 16.6 Å². The monoisotopic (exact) mass is 339 g/mol. The number of nitrogens with one attached hydrogen (secondary N) is 2. The summed E-state index contributed by atoms with van der Waals surface area (Å²) in [5.74, 6) is -2.20. The summed E-state index contributed by atoms with van der Waals surface area (Å²) in [6, 6.07) is 3.29. The normalized spacial score (nSPS) is 11.8. The van der Waals surface area contributed by atoms with Crippen LogP contribution in [0.2, 0.25) is 0 Å². The number of aromatic nitrogens is 1. The molecular weight excluding hydrogens is 324 g/mol. The zero-order valence-electron chi connectivity index (χ0n) is 12.1. The molecule has 0 bridgehead atoms. The van der Waals surface area contributed by atoms with Crippen molar-refractivity contribution in [3.05, 3.63) is 59.1 Å². The van der Waals surface area contributed by atoms with Gasteiger partial charge in [-0.25, -0.2) is 13.8 Å². The molecule has 1 amide bonds. The van der Waals surface area contributed by atoms with Crippen LogP contribution in [0.1, 0.15) is 21.3 Å². The lowest BCUT2D eigenvalue weighted by molar-refractivity contribution is 0.0915. The molecule has 1 aromatic heterocycles. The minimum absolute atomic E-state index is 0.315. The first kappa shape index (κ1) is 17.0. The third-order valence-electron chi connectivity index (χ3n) is 2.92. The summed E-state index contributed by atoms with van der Waals surface area (Å²) in [4.78, 5) is 16.3. The van der Waals surface area contributed by atoms with Crippen LogP contribution in [0.25, 0.3) is 0 Å². The molecule has 0 spiro atoms. The fraction of sp³-hybridized carbons (Fsp3) is 0.200. The molecule has 1 unspecified atom stereocenters. The molecule has 0 aliphatic carbocycles. The van der Waals surface area contributed by atoms with E-state index in [2.05, 4.69) is 22.2 Å². The van der Waals surface area contributed by atoms with Crippen molar-refractivity contribution < 1.29 is 18.7 Å². The van der Waals surface area contributed by atoms with E-state index in [9.17, 15) is 18.7 Å². The van der Waals surface area contributed by atoms with Crippen molar-refractivity contribution in [1.82, 2.24) is 10.3 Å². The number of hydrogen-bond acceptors (Lipinski definition) is 5. The third-order valence-corrected chi connectivity index (χ3v) is 3.87. The van der Waals surface area contributed by atoms with Gasteiger partial charge >= 0.3 is 0 Å². The molecule has 0 radical (unpaired) electrons. The summed E-state index contributed by atoms with van der Waals surface area (Å²) in [5.41, 5.74) is -0.467. The average molecular weight is 339 g/mol. The number of aliphatic hydroxyl groups is 1. The maximum absolute atomic E-state index is 13.5. The van der Waals surface area contributed by atoms with Crippen molar-refractivity contribution in [3.8, 4) is 0 Å². The average Bonchev–Trinajstić information content (AvgIpc) is 2.99. The van der Waals surface area contributed by atoms with Crippen molar-refractivity contribution >= 4 is 22.4 Å². The van der Waals surface area contributed by atoms with Crippen molar-refractivity contribution in [2.45, 2.75) is 6.10 Å². The van der Waals surface area contributed by atoms with E-state index < -0.39 is 29.2 Å². The first-order chi connectivity index (χ1) is 11.0. The van der Waals surface area contributed by atoms with E-state index >= 15 is 0 Å². The summed E-state index contributed by atoms with van der Waals surface area (Å²) in [6.07, 6.45) is 1.55. The van der Waals surface area contributed by atoms with Crippen LogP contribution in [0.4, 0.5) is 13.9 Å². The second-order valence-electron chi connectivity index (χ2n) is 4.56. The molecule has 0 aliphatic rings. The van der Waals surface area contributed by atoms with Crippen LogP contribution in [0.3, 0.4) is 0 Å². The van der Waals surface area contributed by atoms with Gasteiger partial charge in [0.2, 0.25) is 0 Å². The van der Waals surface area contributed by atoms with Crippen molar-refractivity contribution in [2.75, 3.05) is 18.4 Å². The fourth-order valence-electron chi connectivity index (χ4n) is 1.83. The Morgan fingerprint density at radius 1 is 1.43 bits per heavy atom. The van der Waals surface area contributed by atoms with Gasteiger partial charge in [0.15, 0.2) is 5.13 Å². The van der Waals surface area contributed by atoms with Crippen LogP contribution < -0.4 is 10.6 Å². The Labute approximate surface area is 135 Å². The van der Waals surface area contributed by atoms with Gasteiger partial charge in [-0.3, -0.25) is 4.79 Å². The van der Waals surface area contributed by atoms with E-state index in [4.69, 9.17) is 0 Å². The van der Waals surface area contributed by atoms with Gasteiger partial charge in [0, 0.05) is 13.1 Å². The highest BCUT2D eigenvalue weighted by molar-refractivity contribution is 7.17. The summed E-state index contributed by atoms with van der Waals surface area (Å²) >= 11 is 1.12.